The minimum Gasteiger partial charge on any atom is -0.323 e. The van der Waals surface area contributed by atoms with Gasteiger partial charge in [0.15, 0.2) is 0 Å². The Hall–Kier alpha value is -0.440. The second-order valence-corrected chi connectivity index (χ2v) is 2.43. The fourth-order valence-electron chi connectivity index (χ4n) is 0.551. The predicted molar refractivity (Wildman–Crippen MR) is 38.0 cm³/mol. The van der Waals surface area contributed by atoms with E-state index in [2.05, 4.69) is 6.58 Å². The molecule has 0 aromatic heterocycles. The molecule has 1 atom stereocenters. The first-order valence-corrected chi connectivity index (χ1v) is 3.22. The molecule has 0 aliphatic carbocycles. The average molecular weight is 149 g/mol. The third kappa shape index (κ3) is 3.56. The second-order valence-electron chi connectivity index (χ2n) is 2.43. The van der Waals surface area contributed by atoms with Gasteiger partial charge in [-0.05, 0) is 12.8 Å². The highest BCUT2D eigenvalue weighted by atomic mass is 19.3. The van der Waals surface area contributed by atoms with Gasteiger partial charge in [-0.3, -0.25) is 0 Å². The zero-order valence-corrected chi connectivity index (χ0v) is 6.11. The summed E-state index contributed by atoms with van der Waals surface area (Å²) >= 11 is 0. The van der Waals surface area contributed by atoms with Gasteiger partial charge in [0.25, 0.3) is 5.92 Å². The molecular weight excluding hydrogens is 136 g/mol. The zero-order chi connectivity index (χ0) is 8.20. The highest BCUT2D eigenvalue weighted by Gasteiger charge is 2.29. The van der Waals surface area contributed by atoms with Gasteiger partial charge < -0.3 is 5.73 Å². The Morgan fingerprint density at radius 1 is 1.70 bits per heavy atom. The van der Waals surface area contributed by atoms with Gasteiger partial charge in [-0.1, -0.05) is 6.08 Å². The summed E-state index contributed by atoms with van der Waals surface area (Å²) in [6.07, 6.45) is 2.43. The Kier molecular flexibility index (Phi) is 3.50. The molecular formula is C7H13F2N. The normalized spacial score (nSPS) is 14.8. The van der Waals surface area contributed by atoms with Crippen molar-refractivity contribution in [2.24, 2.45) is 5.73 Å². The number of halogens is 2. The smallest absolute Gasteiger partial charge is 0.260 e. The van der Waals surface area contributed by atoms with E-state index < -0.39 is 12.0 Å². The van der Waals surface area contributed by atoms with Crippen molar-refractivity contribution in [3.8, 4) is 0 Å². The van der Waals surface area contributed by atoms with E-state index in [4.69, 9.17) is 5.73 Å². The fourth-order valence-corrected chi connectivity index (χ4v) is 0.551. The first-order chi connectivity index (χ1) is 4.48. The maximum Gasteiger partial charge on any atom is 0.260 e. The lowest BCUT2D eigenvalue weighted by molar-refractivity contribution is -0.00747. The largest absolute Gasteiger partial charge is 0.323 e. The Bertz CT molecular complexity index is 107. The molecule has 0 spiro atoms. The van der Waals surface area contributed by atoms with E-state index in [9.17, 15) is 8.78 Å². The van der Waals surface area contributed by atoms with Crippen LogP contribution in [0.25, 0.3) is 0 Å². The molecule has 2 N–H and O–H groups in total. The lowest BCUT2D eigenvalue weighted by Crippen LogP contribution is -2.37. The van der Waals surface area contributed by atoms with Crippen LogP contribution in [0.15, 0.2) is 12.7 Å². The van der Waals surface area contributed by atoms with E-state index >= 15 is 0 Å². The topological polar surface area (TPSA) is 26.0 Å². The summed E-state index contributed by atoms with van der Waals surface area (Å²) in [7, 11) is 0. The van der Waals surface area contributed by atoms with Crippen molar-refractivity contribution in [1.82, 2.24) is 0 Å². The second kappa shape index (κ2) is 3.66. The number of rotatable bonds is 4. The monoisotopic (exact) mass is 149 g/mol. The molecule has 0 aliphatic rings. The number of hydrogen-bond acceptors (Lipinski definition) is 1. The summed E-state index contributed by atoms with van der Waals surface area (Å²) in [6.45, 7) is 4.25. The Labute approximate surface area is 59.9 Å². The number of hydrogen-bond donors (Lipinski definition) is 1. The zero-order valence-electron chi connectivity index (χ0n) is 6.11. The fraction of sp³-hybridized carbons (Fsp3) is 0.714. The van der Waals surface area contributed by atoms with E-state index in [0.717, 1.165) is 6.92 Å². The highest BCUT2D eigenvalue weighted by molar-refractivity contribution is 4.79. The first kappa shape index (κ1) is 9.56. The van der Waals surface area contributed by atoms with Crippen LogP contribution in [0.4, 0.5) is 8.78 Å². The van der Waals surface area contributed by atoms with Crippen molar-refractivity contribution < 1.29 is 8.78 Å². The molecule has 0 saturated carbocycles. The molecule has 3 heteroatoms. The van der Waals surface area contributed by atoms with Crippen LogP contribution in [0.1, 0.15) is 19.8 Å². The molecule has 0 heterocycles. The molecule has 0 radical (unpaired) electrons. The van der Waals surface area contributed by atoms with E-state index in [1.807, 2.05) is 0 Å². The summed E-state index contributed by atoms with van der Waals surface area (Å²) in [5.74, 6) is -2.76. The number of alkyl halides is 2. The summed E-state index contributed by atoms with van der Waals surface area (Å²) in [5.41, 5.74) is 5.14. The van der Waals surface area contributed by atoms with Gasteiger partial charge in [-0.15, -0.1) is 6.58 Å². The summed E-state index contributed by atoms with van der Waals surface area (Å²) in [4.78, 5) is 0. The van der Waals surface area contributed by atoms with Crippen molar-refractivity contribution >= 4 is 0 Å². The van der Waals surface area contributed by atoms with Crippen LogP contribution in [0.5, 0.6) is 0 Å². The van der Waals surface area contributed by atoms with Crippen molar-refractivity contribution in [3.05, 3.63) is 12.7 Å². The van der Waals surface area contributed by atoms with Crippen LogP contribution in [0.2, 0.25) is 0 Å². The van der Waals surface area contributed by atoms with Gasteiger partial charge in [0.1, 0.15) is 0 Å². The van der Waals surface area contributed by atoms with Gasteiger partial charge in [-0.25, -0.2) is 8.78 Å². The molecule has 0 rings (SSSR count). The van der Waals surface area contributed by atoms with Gasteiger partial charge in [-0.2, -0.15) is 0 Å². The minimum absolute atomic E-state index is 0.299. The molecule has 0 fully saturated rings. The van der Waals surface area contributed by atoms with E-state index in [1.54, 1.807) is 6.08 Å². The van der Waals surface area contributed by atoms with Gasteiger partial charge in [0, 0.05) is 6.92 Å². The lowest BCUT2D eigenvalue weighted by atomic mass is 10.1. The Morgan fingerprint density at radius 2 is 2.20 bits per heavy atom. The highest BCUT2D eigenvalue weighted by Crippen LogP contribution is 2.18. The van der Waals surface area contributed by atoms with Crippen molar-refractivity contribution in [3.63, 3.8) is 0 Å². The molecule has 0 saturated heterocycles. The molecule has 0 aromatic carbocycles. The van der Waals surface area contributed by atoms with E-state index in [-0.39, 0.29) is 0 Å². The molecule has 0 aromatic rings. The lowest BCUT2D eigenvalue weighted by Gasteiger charge is -2.17. The molecule has 10 heavy (non-hydrogen) atoms. The third-order valence-electron chi connectivity index (χ3n) is 1.33. The molecule has 60 valence electrons. The van der Waals surface area contributed by atoms with Crippen molar-refractivity contribution in [2.45, 2.75) is 31.7 Å². The summed E-state index contributed by atoms with van der Waals surface area (Å²) in [5, 5.41) is 0. The van der Waals surface area contributed by atoms with Crippen molar-refractivity contribution in [1.29, 1.82) is 0 Å². The number of allylic oxidation sites excluding steroid dienone is 1. The van der Waals surface area contributed by atoms with Crippen molar-refractivity contribution in [2.75, 3.05) is 0 Å². The van der Waals surface area contributed by atoms with Crippen LogP contribution >= 0.6 is 0 Å². The Morgan fingerprint density at radius 3 is 2.50 bits per heavy atom. The van der Waals surface area contributed by atoms with Crippen LogP contribution in [0, 0.1) is 0 Å². The average Bonchev–Trinajstić information content (AvgIpc) is 1.80. The Balaban J connectivity index is 3.61. The quantitative estimate of drug-likeness (QED) is 0.607. The van der Waals surface area contributed by atoms with Crippen LogP contribution < -0.4 is 5.73 Å². The maximum absolute atomic E-state index is 12.3. The summed E-state index contributed by atoms with van der Waals surface area (Å²) < 4.78 is 24.6. The van der Waals surface area contributed by atoms with Gasteiger partial charge in [0.2, 0.25) is 0 Å². The van der Waals surface area contributed by atoms with E-state index in [1.165, 1.54) is 0 Å². The molecule has 1 nitrogen and oxygen atoms in total. The first-order valence-electron chi connectivity index (χ1n) is 3.22. The number of nitrogens with two attached hydrogens (primary N) is 1. The molecule has 0 aliphatic heterocycles. The van der Waals surface area contributed by atoms with Gasteiger partial charge >= 0.3 is 0 Å². The standard InChI is InChI=1S/C7H13F2N/c1-3-4-5-6(10)7(2,8)9/h3,6H,1,4-5,10H2,2H3. The SMILES string of the molecule is C=CCCC(N)C(C)(F)F. The maximum atomic E-state index is 12.3. The van der Waals surface area contributed by atoms with Crippen LogP contribution in [-0.4, -0.2) is 12.0 Å². The van der Waals surface area contributed by atoms with Crippen LogP contribution in [-0.2, 0) is 0 Å². The summed E-state index contributed by atoms with van der Waals surface area (Å²) in [6, 6.07) is -1.04. The predicted octanol–water partition coefficient (Wildman–Crippen LogP) is 1.94. The molecule has 1 unspecified atom stereocenters. The van der Waals surface area contributed by atoms with Crippen LogP contribution in [0.3, 0.4) is 0 Å². The molecule has 0 amide bonds. The van der Waals surface area contributed by atoms with Gasteiger partial charge in [0.05, 0.1) is 6.04 Å². The van der Waals surface area contributed by atoms with E-state index in [0.29, 0.717) is 12.8 Å². The third-order valence-corrected chi connectivity index (χ3v) is 1.33. The molecule has 0 bridgehead atoms. The minimum atomic E-state index is -2.76.